The molecule has 19 heavy (non-hydrogen) atoms. The Morgan fingerprint density at radius 3 is 2.63 bits per heavy atom. The Morgan fingerprint density at radius 1 is 1.42 bits per heavy atom. The van der Waals surface area contributed by atoms with E-state index in [1.165, 1.54) is 12.0 Å². The molecule has 1 N–H and O–H groups in total. The lowest BCUT2D eigenvalue weighted by Gasteiger charge is -2.14. The summed E-state index contributed by atoms with van der Waals surface area (Å²) in [4.78, 5) is 29.1. The smallest absolute Gasteiger partial charge is 0.325 e. The van der Waals surface area contributed by atoms with Gasteiger partial charge in [0.2, 0.25) is 5.88 Å². The van der Waals surface area contributed by atoms with Crippen LogP contribution in [0.15, 0.2) is 18.3 Å². The number of imide groups is 1. The number of carbonyl (C=O) groups excluding carboxylic acids is 2. The summed E-state index contributed by atoms with van der Waals surface area (Å²) >= 11 is 0. The molecule has 2 heterocycles. The number of ether oxygens (including phenoxy) is 1. The number of nitrogens with one attached hydrogen (secondary N) is 1. The maximum Gasteiger partial charge on any atom is 0.325 e. The molecule has 1 atom stereocenters. The summed E-state index contributed by atoms with van der Waals surface area (Å²) in [7, 11) is 1.53. The van der Waals surface area contributed by atoms with E-state index < -0.39 is 6.04 Å². The topological polar surface area (TPSA) is 71.5 Å². The first kappa shape index (κ1) is 13.3. The van der Waals surface area contributed by atoms with Crippen LogP contribution in [0, 0.1) is 5.92 Å². The van der Waals surface area contributed by atoms with E-state index in [0.29, 0.717) is 5.88 Å². The van der Waals surface area contributed by atoms with E-state index >= 15 is 0 Å². The van der Waals surface area contributed by atoms with Gasteiger partial charge in [-0.1, -0.05) is 19.9 Å². The van der Waals surface area contributed by atoms with Crippen molar-refractivity contribution in [1.82, 2.24) is 15.2 Å². The molecule has 6 heteroatoms. The number of pyridine rings is 1. The van der Waals surface area contributed by atoms with Crippen LogP contribution >= 0.6 is 0 Å². The van der Waals surface area contributed by atoms with Crippen LogP contribution in [0.5, 0.6) is 5.88 Å². The number of methoxy groups -OCH3 is 1. The number of nitrogens with zero attached hydrogens (tertiary/aromatic N) is 2. The molecule has 1 aromatic heterocycles. The van der Waals surface area contributed by atoms with Gasteiger partial charge in [-0.2, -0.15) is 0 Å². The molecule has 1 aliphatic heterocycles. The number of amides is 3. The second kappa shape index (κ2) is 5.26. The number of urea groups is 1. The molecule has 1 aliphatic rings. The molecule has 0 saturated carbocycles. The SMILES string of the molecule is COc1ccc(CN2C(=O)NC(C(C)C)C2=O)cn1. The van der Waals surface area contributed by atoms with Crippen LogP contribution < -0.4 is 10.1 Å². The highest BCUT2D eigenvalue weighted by Gasteiger charge is 2.39. The second-order valence-electron chi connectivity index (χ2n) is 4.80. The molecule has 102 valence electrons. The molecule has 0 radical (unpaired) electrons. The summed E-state index contributed by atoms with van der Waals surface area (Å²) in [6.07, 6.45) is 1.60. The molecule has 6 nitrogen and oxygen atoms in total. The van der Waals surface area contributed by atoms with Crippen LogP contribution in [0.4, 0.5) is 4.79 Å². The minimum Gasteiger partial charge on any atom is -0.481 e. The van der Waals surface area contributed by atoms with Crippen molar-refractivity contribution in [3.05, 3.63) is 23.9 Å². The zero-order chi connectivity index (χ0) is 14.0. The van der Waals surface area contributed by atoms with Crippen LogP contribution in [0.2, 0.25) is 0 Å². The third kappa shape index (κ3) is 2.67. The van der Waals surface area contributed by atoms with Gasteiger partial charge < -0.3 is 10.1 Å². The Bertz CT molecular complexity index is 484. The molecule has 3 amide bonds. The van der Waals surface area contributed by atoms with Crippen molar-refractivity contribution >= 4 is 11.9 Å². The van der Waals surface area contributed by atoms with Crippen molar-refractivity contribution < 1.29 is 14.3 Å². The minimum absolute atomic E-state index is 0.0791. The van der Waals surface area contributed by atoms with Gasteiger partial charge in [-0.05, 0) is 11.5 Å². The van der Waals surface area contributed by atoms with Gasteiger partial charge in [0.25, 0.3) is 5.91 Å². The Balaban J connectivity index is 2.10. The Morgan fingerprint density at radius 2 is 2.16 bits per heavy atom. The van der Waals surface area contributed by atoms with Gasteiger partial charge in [0.05, 0.1) is 13.7 Å². The van der Waals surface area contributed by atoms with E-state index in [1.54, 1.807) is 18.3 Å². The van der Waals surface area contributed by atoms with Gasteiger partial charge in [-0.3, -0.25) is 9.69 Å². The van der Waals surface area contributed by atoms with E-state index in [2.05, 4.69) is 10.3 Å². The first-order valence-electron chi connectivity index (χ1n) is 6.13. The number of aromatic nitrogens is 1. The van der Waals surface area contributed by atoms with Gasteiger partial charge in [-0.25, -0.2) is 9.78 Å². The normalized spacial score (nSPS) is 18.9. The average molecular weight is 263 g/mol. The fourth-order valence-corrected chi connectivity index (χ4v) is 1.95. The fraction of sp³-hybridized carbons (Fsp3) is 0.462. The molecule has 0 spiro atoms. The highest BCUT2D eigenvalue weighted by atomic mass is 16.5. The summed E-state index contributed by atoms with van der Waals surface area (Å²) < 4.78 is 4.96. The Kier molecular flexibility index (Phi) is 3.69. The molecular weight excluding hydrogens is 246 g/mol. The van der Waals surface area contributed by atoms with Gasteiger partial charge in [0.15, 0.2) is 0 Å². The van der Waals surface area contributed by atoms with Crippen molar-refractivity contribution in [2.24, 2.45) is 5.92 Å². The molecule has 0 aliphatic carbocycles. The largest absolute Gasteiger partial charge is 0.481 e. The third-order valence-corrected chi connectivity index (χ3v) is 3.07. The van der Waals surface area contributed by atoms with Gasteiger partial charge in [0, 0.05) is 12.3 Å². The van der Waals surface area contributed by atoms with Gasteiger partial charge in [0.1, 0.15) is 6.04 Å². The summed E-state index contributed by atoms with van der Waals surface area (Å²) in [6.45, 7) is 4.04. The lowest BCUT2D eigenvalue weighted by atomic mass is 10.1. The minimum atomic E-state index is -0.432. The lowest BCUT2D eigenvalue weighted by Crippen LogP contribution is -2.34. The number of hydrogen-bond donors (Lipinski definition) is 1. The van der Waals surface area contributed by atoms with E-state index in [9.17, 15) is 9.59 Å². The lowest BCUT2D eigenvalue weighted by molar-refractivity contribution is -0.128. The summed E-state index contributed by atoms with van der Waals surface area (Å²) in [5.41, 5.74) is 0.786. The number of carbonyl (C=O) groups is 2. The van der Waals surface area contributed by atoms with Gasteiger partial charge in [-0.15, -0.1) is 0 Å². The summed E-state index contributed by atoms with van der Waals surface area (Å²) in [5.74, 6) is 0.396. The molecule has 2 rings (SSSR count). The number of hydrogen-bond acceptors (Lipinski definition) is 4. The third-order valence-electron chi connectivity index (χ3n) is 3.07. The predicted octanol–water partition coefficient (Wildman–Crippen LogP) is 1.17. The standard InChI is InChI=1S/C13H17N3O3/c1-8(2)11-12(17)16(13(18)15-11)7-9-4-5-10(19-3)14-6-9/h4-6,8,11H,7H2,1-3H3,(H,15,18). The molecule has 1 aromatic rings. The molecule has 0 bridgehead atoms. The van der Waals surface area contributed by atoms with Crippen LogP contribution in [-0.2, 0) is 11.3 Å². The zero-order valence-electron chi connectivity index (χ0n) is 11.2. The summed E-state index contributed by atoms with van der Waals surface area (Å²) in [5, 5.41) is 2.69. The van der Waals surface area contributed by atoms with E-state index in [0.717, 1.165) is 5.56 Å². The zero-order valence-corrected chi connectivity index (χ0v) is 11.2. The van der Waals surface area contributed by atoms with Crippen LogP contribution in [0.25, 0.3) is 0 Å². The van der Waals surface area contributed by atoms with E-state index in [-0.39, 0.29) is 24.4 Å². The fourth-order valence-electron chi connectivity index (χ4n) is 1.95. The highest BCUT2D eigenvalue weighted by Crippen LogP contribution is 2.17. The van der Waals surface area contributed by atoms with Crippen molar-refractivity contribution in [2.75, 3.05) is 7.11 Å². The Labute approximate surface area is 111 Å². The maximum atomic E-state index is 12.1. The number of rotatable bonds is 4. The quantitative estimate of drug-likeness (QED) is 0.828. The van der Waals surface area contributed by atoms with Crippen molar-refractivity contribution in [3.63, 3.8) is 0 Å². The Hall–Kier alpha value is -2.11. The van der Waals surface area contributed by atoms with E-state index in [4.69, 9.17) is 4.74 Å². The van der Waals surface area contributed by atoms with Crippen LogP contribution in [0.3, 0.4) is 0 Å². The first-order chi connectivity index (χ1) is 9.02. The average Bonchev–Trinajstić information content (AvgIpc) is 2.68. The molecule has 1 fully saturated rings. The molecule has 0 aromatic carbocycles. The monoisotopic (exact) mass is 263 g/mol. The van der Waals surface area contributed by atoms with Crippen LogP contribution in [-0.4, -0.2) is 35.0 Å². The van der Waals surface area contributed by atoms with E-state index in [1.807, 2.05) is 13.8 Å². The molecule has 1 unspecified atom stereocenters. The molecule has 1 saturated heterocycles. The second-order valence-corrected chi connectivity index (χ2v) is 4.80. The van der Waals surface area contributed by atoms with Crippen molar-refractivity contribution in [2.45, 2.75) is 26.4 Å². The predicted molar refractivity (Wildman–Crippen MR) is 68.5 cm³/mol. The first-order valence-corrected chi connectivity index (χ1v) is 6.13. The van der Waals surface area contributed by atoms with Crippen LogP contribution in [0.1, 0.15) is 19.4 Å². The van der Waals surface area contributed by atoms with Crippen molar-refractivity contribution in [3.8, 4) is 5.88 Å². The van der Waals surface area contributed by atoms with Gasteiger partial charge >= 0.3 is 6.03 Å². The van der Waals surface area contributed by atoms with Crippen molar-refractivity contribution in [1.29, 1.82) is 0 Å². The molecular formula is C13H17N3O3. The summed E-state index contributed by atoms with van der Waals surface area (Å²) in [6, 6.07) is 2.71. The maximum absolute atomic E-state index is 12.1. The highest BCUT2D eigenvalue weighted by molar-refractivity contribution is 6.04.